The lowest BCUT2D eigenvalue weighted by molar-refractivity contribution is 0.0741. The summed E-state index contributed by atoms with van der Waals surface area (Å²) >= 11 is 0. The first-order valence-electron chi connectivity index (χ1n) is 8.56. The molecule has 1 aromatic carbocycles. The zero-order valence-corrected chi connectivity index (χ0v) is 15.9. The molecule has 1 atom stereocenters. The van der Waals surface area contributed by atoms with Crippen molar-refractivity contribution in [3.63, 3.8) is 0 Å². The zero-order valence-electron chi connectivity index (χ0n) is 15.1. The SMILES string of the molecule is CN(C(=O)c1cccc(C(=O)Nc2ccccc2C#N)n1)C1CCS(=O)(=O)C1. The molecule has 1 saturated heterocycles. The minimum Gasteiger partial charge on any atom is -0.336 e. The molecule has 1 aromatic heterocycles. The molecule has 2 heterocycles. The molecule has 0 saturated carbocycles. The van der Waals surface area contributed by atoms with E-state index in [1.54, 1.807) is 24.3 Å². The van der Waals surface area contributed by atoms with Crippen LogP contribution < -0.4 is 5.32 Å². The third-order valence-corrected chi connectivity index (χ3v) is 6.32. The number of para-hydroxylation sites is 1. The van der Waals surface area contributed by atoms with Gasteiger partial charge in [-0.25, -0.2) is 13.4 Å². The highest BCUT2D eigenvalue weighted by molar-refractivity contribution is 7.91. The first-order chi connectivity index (χ1) is 13.3. The standard InChI is InChI=1S/C19H18N4O4S/c1-23(14-9-10-28(26,27)12-14)19(25)17-8-4-7-16(21-17)18(24)22-15-6-3-2-5-13(15)11-20/h2-8,14H,9-10,12H2,1H3,(H,22,24). The van der Waals surface area contributed by atoms with Crippen molar-refractivity contribution in [1.29, 1.82) is 5.26 Å². The number of pyridine rings is 1. The van der Waals surface area contributed by atoms with E-state index in [1.807, 2.05) is 6.07 Å². The van der Waals surface area contributed by atoms with Gasteiger partial charge in [-0.2, -0.15) is 5.26 Å². The largest absolute Gasteiger partial charge is 0.336 e. The molecule has 1 aliphatic rings. The summed E-state index contributed by atoms with van der Waals surface area (Å²) in [5, 5.41) is 11.7. The maximum absolute atomic E-state index is 12.7. The molecule has 0 spiro atoms. The van der Waals surface area contributed by atoms with Crippen LogP contribution in [0, 0.1) is 11.3 Å². The van der Waals surface area contributed by atoms with E-state index in [0.717, 1.165) is 0 Å². The smallest absolute Gasteiger partial charge is 0.274 e. The summed E-state index contributed by atoms with van der Waals surface area (Å²) in [7, 11) is -1.59. The van der Waals surface area contributed by atoms with E-state index in [-0.39, 0.29) is 22.9 Å². The Hall–Kier alpha value is -3.25. The van der Waals surface area contributed by atoms with Crippen molar-refractivity contribution >= 4 is 27.3 Å². The molecule has 0 aliphatic carbocycles. The maximum Gasteiger partial charge on any atom is 0.274 e. The van der Waals surface area contributed by atoms with Crippen LogP contribution in [0.2, 0.25) is 0 Å². The predicted molar refractivity (Wildman–Crippen MR) is 102 cm³/mol. The normalized spacial score (nSPS) is 17.5. The molecular weight excluding hydrogens is 380 g/mol. The fourth-order valence-corrected chi connectivity index (χ4v) is 4.76. The Bertz CT molecular complexity index is 1080. The number of amides is 2. The first-order valence-corrected chi connectivity index (χ1v) is 10.4. The molecule has 3 rings (SSSR count). The van der Waals surface area contributed by atoms with Gasteiger partial charge in [0.25, 0.3) is 11.8 Å². The van der Waals surface area contributed by atoms with Crippen molar-refractivity contribution in [2.75, 3.05) is 23.9 Å². The van der Waals surface area contributed by atoms with Gasteiger partial charge in [0.05, 0.1) is 22.8 Å². The number of hydrogen-bond donors (Lipinski definition) is 1. The fraction of sp³-hybridized carbons (Fsp3) is 0.263. The maximum atomic E-state index is 12.7. The Morgan fingerprint density at radius 3 is 2.57 bits per heavy atom. The van der Waals surface area contributed by atoms with Crippen molar-refractivity contribution in [3.05, 3.63) is 59.4 Å². The number of nitrogens with zero attached hydrogens (tertiary/aromatic N) is 3. The van der Waals surface area contributed by atoms with E-state index < -0.39 is 27.7 Å². The van der Waals surface area contributed by atoms with E-state index >= 15 is 0 Å². The van der Waals surface area contributed by atoms with Crippen LogP contribution >= 0.6 is 0 Å². The van der Waals surface area contributed by atoms with Crippen molar-refractivity contribution in [3.8, 4) is 6.07 Å². The number of rotatable bonds is 4. The number of carbonyl (C=O) groups excluding carboxylic acids is 2. The van der Waals surface area contributed by atoms with Crippen LogP contribution in [0.1, 0.15) is 33.0 Å². The second kappa shape index (κ2) is 7.78. The van der Waals surface area contributed by atoms with Crippen LogP contribution in [0.4, 0.5) is 5.69 Å². The summed E-state index contributed by atoms with van der Waals surface area (Å²) in [4.78, 5) is 30.6. The monoisotopic (exact) mass is 398 g/mol. The number of nitrogens with one attached hydrogen (secondary N) is 1. The highest BCUT2D eigenvalue weighted by Crippen LogP contribution is 2.19. The average Bonchev–Trinajstić information content (AvgIpc) is 3.07. The molecule has 1 fully saturated rings. The highest BCUT2D eigenvalue weighted by Gasteiger charge is 2.33. The van der Waals surface area contributed by atoms with Crippen LogP contribution in [0.25, 0.3) is 0 Å². The third-order valence-electron chi connectivity index (χ3n) is 4.57. The molecule has 0 bridgehead atoms. The lowest BCUT2D eigenvalue weighted by Gasteiger charge is -2.23. The van der Waals surface area contributed by atoms with Crippen molar-refractivity contribution in [1.82, 2.24) is 9.88 Å². The summed E-state index contributed by atoms with van der Waals surface area (Å²) in [5.41, 5.74) is 0.728. The summed E-state index contributed by atoms with van der Waals surface area (Å²) < 4.78 is 23.3. The summed E-state index contributed by atoms with van der Waals surface area (Å²) in [6.07, 6.45) is 0.385. The zero-order chi connectivity index (χ0) is 20.3. The minimum absolute atomic E-state index is 0.0195. The van der Waals surface area contributed by atoms with Gasteiger partial charge < -0.3 is 10.2 Å². The summed E-state index contributed by atoms with van der Waals surface area (Å²) in [6, 6.07) is 12.6. The number of aromatic nitrogens is 1. The van der Waals surface area contributed by atoms with Gasteiger partial charge in [0.1, 0.15) is 17.5 Å². The molecule has 0 radical (unpaired) electrons. The number of carbonyl (C=O) groups is 2. The Balaban J connectivity index is 1.77. The molecule has 28 heavy (non-hydrogen) atoms. The first kappa shape index (κ1) is 19.5. The van der Waals surface area contributed by atoms with E-state index in [4.69, 9.17) is 5.26 Å². The van der Waals surface area contributed by atoms with Crippen LogP contribution in [0.15, 0.2) is 42.5 Å². The Labute approximate surface area is 162 Å². The Morgan fingerprint density at radius 2 is 1.89 bits per heavy atom. The Kier molecular flexibility index (Phi) is 5.42. The summed E-state index contributed by atoms with van der Waals surface area (Å²) in [5.74, 6) is -1.01. The molecule has 144 valence electrons. The van der Waals surface area contributed by atoms with Crippen molar-refractivity contribution in [2.45, 2.75) is 12.5 Å². The van der Waals surface area contributed by atoms with Gasteiger partial charge in [-0.1, -0.05) is 18.2 Å². The van der Waals surface area contributed by atoms with Gasteiger partial charge in [0, 0.05) is 13.1 Å². The fourth-order valence-electron chi connectivity index (χ4n) is 2.98. The second-order valence-corrected chi connectivity index (χ2v) is 8.72. The molecule has 1 aliphatic heterocycles. The van der Waals surface area contributed by atoms with Gasteiger partial charge in [-0.05, 0) is 30.7 Å². The number of anilines is 1. The number of hydrogen-bond acceptors (Lipinski definition) is 6. The van der Waals surface area contributed by atoms with Gasteiger partial charge in [0.15, 0.2) is 9.84 Å². The van der Waals surface area contributed by atoms with Gasteiger partial charge in [-0.3, -0.25) is 9.59 Å². The predicted octanol–water partition coefficient (Wildman–Crippen LogP) is 1.46. The number of sulfone groups is 1. The molecule has 2 aromatic rings. The van der Waals surface area contributed by atoms with Gasteiger partial charge >= 0.3 is 0 Å². The van der Waals surface area contributed by atoms with Crippen molar-refractivity contribution < 1.29 is 18.0 Å². The van der Waals surface area contributed by atoms with Crippen LogP contribution in [0.3, 0.4) is 0 Å². The topological polar surface area (TPSA) is 120 Å². The van der Waals surface area contributed by atoms with E-state index in [2.05, 4.69) is 10.3 Å². The lowest BCUT2D eigenvalue weighted by atomic mass is 10.2. The lowest BCUT2D eigenvalue weighted by Crippen LogP contribution is -2.38. The Morgan fingerprint density at radius 1 is 1.18 bits per heavy atom. The highest BCUT2D eigenvalue weighted by atomic mass is 32.2. The van der Waals surface area contributed by atoms with E-state index in [0.29, 0.717) is 17.7 Å². The molecule has 2 amide bonds. The average molecular weight is 398 g/mol. The third kappa shape index (κ3) is 4.18. The molecule has 1 N–H and O–H groups in total. The minimum atomic E-state index is -3.12. The second-order valence-electron chi connectivity index (χ2n) is 6.49. The van der Waals surface area contributed by atoms with Gasteiger partial charge in [-0.15, -0.1) is 0 Å². The molecule has 9 heteroatoms. The molecule has 8 nitrogen and oxygen atoms in total. The van der Waals surface area contributed by atoms with Crippen LogP contribution in [0.5, 0.6) is 0 Å². The van der Waals surface area contributed by atoms with Crippen LogP contribution in [-0.4, -0.2) is 54.7 Å². The van der Waals surface area contributed by atoms with Gasteiger partial charge in [0.2, 0.25) is 0 Å². The number of benzene rings is 1. The molecule has 1 unspecified atom stereocenters. The van der Waals surface area contributed by atoms with E-state index in [9.17, 15) is 18.0 Å². The summed E-state index contributed by atoms with van der Waals surface area (Å²) in [6.45, 7) is 0. The quantitative estimate of drug-likeness (QED) is 0.832. The van der Waals surface area contributed by atoms with E-state index in [1.165, 1.54) is 30.1 Å². The van der Waals surface area contributed by atoms with Crippen molar-refractivity contribution in [2.24, 2.45) is 0 Å². The van der Waals surface area contributed by atoms with Crippen LogP contribution in [-0.2, 0) is 9.84 Å². The number of nitriles is 1. The molecular formula is C19H18N4O4S.